The van der Waals surface area contributed by atoms with Gasteiger partial charge in [-0.05, 0) is 13.1 Å². The van der Waals surface area contributed by atoms with Gasteiger partial charge in [0.05, 0.1) is 0 Å². The number of rotatable bonds is 4. The highest BCUT2D eigenvalue weighted by molar-refractivity contribution is 4.50. The van der Waals surface area contributed by atoms with Crippen LogP contribution in [0.25, 0.3) is 0 Å². The predicted molar refractivity (Wildman–Crippen MR) is 52.8 cm³/mol. The van der Waals surface area contributed by atoms with Crippen molar-refractivity contribution >= 4 is 0 Å². The average molecular weight is 160 g/mol. The first-order valence-electron chi connectivity index (χ1n) is 4.69. The fraction of sp³-hybridized carbons (Fsp3) is 1.00. The van der Waals surface area contributed by atoms with Crippen LogP contribution in [-0.2, 0) is 0 Å². The molecule has 70 valence electrons. The molecule has 0 radical (unpaired) electrons. The van der Waals surface area contributed by atoms with Gasteiger partial charge >= 0.3 is 0 Å². The van der Waals surface area contributed by atoms with Gasteiger partial charge in [-0.25, -0.2) is 0 Å². The first kappa shape index (κ1) is 13.5. The molecule has 11 heavy (non-hydrogen) atoms. The second-order valence-electron chi connectivity index (χ2n) is 2.52. The smallest absolute Gasteiger partial charge is 0.0104 e. The highest BCUT2D eigenvalue weighted by Gasteiger charge is 1.92. The quantitative estimate of drug-likeness (QED) is 0.678. The van der Waals surface area contributed by atoms with Crippen LogP contribution in [0.2, 0.25) is 0 Å². The monoisotopic (exact) mass is 160 g/mol. The van der Waals surface area contributed by atoms with Gasteiger partial charge in [-0.1, -0.05) is 34.1 Å². The summed E-state index contributed by atoms with van der Waals surface area (Å²) < 4.78 is 0. The zero-order valence-corrected chi connectivity index (χ0v) is 8.56. The van der Waals surface area contributed by atoms with E-state index in [1.54, 1.807) is 0 Å². The minimum absolute atomic E-state index is 0.779. The standard InChI is InChI=1S/C6H16N2.C3H8/c1-3-8(4-2)6-5-7;1-3-2/h3-7H2,1-2H3;3H2,1-2H3. The van der Waals surface area contributed by atoms with Crippen molar-refractivity contribution in [1.82, 2.24) is 4.90 Å². The van der Waals surface area contributed by atoms with E-state index in [0.717, 1.165) is 26.2 Å². The Morgan fingerprint density at radius 2 is 1.36 bits per heavy atom. The van der Waals surface area contributed by atoms with E-state index in [2.05, 4.69) is 32.6 Å². The zero-order chi connectivity index (χ0) is 9.11. The summed E-state index contributed by atoms with van der Waals surface area (Å²) in [4.78, 5) is 2.31. The summed E-state index contributed by atoms with van der Waals surface area (Å²) in [5.74, 6) is 0. The molecule has 0 bridgehead atoms. The third-order valence-electron chi connectivity index (χ3n) is 1.34. The average Bonchev–Trinajstić information content (AvgIpc) is 2.02. The van der Waals surface area contributed by atoms with Crippen molar-refractivity contribution in [2.24, 2.45) is 5.73 Å². The van der Waals surface area contributed by atoms with Crippen LogP contribution in [0, 0.1) is 0 Å². The molecule has 0 atom stereocenters. The van der Waals surface area contributed by atoms with Crippen LogP contribution in [0.5, 0.6) is 0 Å². The number of likely N-dealkylation sites (N-methyl/N-ethyl adjacent to an activating group) is 1. The van der Waals surface area contributed by atoms with Crippen LogP contribution in [0.1, 0.15) is 34.1 Å². The lowest BCUT2D eigenvalue weighted by Crippen LogP contribution is -2.28. The Hall–Kier alpha value is -0.0800. The first-order chi connectivity index (χ1) is 5.26. The molecule has 2 N–H and O–H groups in total. The van der Waals surface area contributed by atoms with Gasteiger partial charge in [0, 0.05) is 13.1 Å². The van der Waals surface area contributed by atoms with Gasteiger partial charge in [0.1, 0.15) is 0 Å². The fourth-order valence-corrected chi connectivity index (χ4v) is 0.722. The van der Waals surface area contributed by atoms with Crippen molar-refractivity contribution in [3.05, 3.63) is 0 Å². The molecule has 0 fully saturated rings. The molecular formula is C9H24N2. The minimum Gasteiger partial charge on any atom is -0.329 e. The normalized spacial score (nSPS) is 9.27. The van der Waals surface area contributed by atoms with Crippen LogP contribution < -0.4 is 5.73 Å². The SMILES string of the molecule is CCC.CCN(CC)CCN. The molecule has 0 heterocycles. The number of nitrogens with two attached hydrogens (primary N) is 1. The second-order valence-corrected chi connectivity index (χ2v) is 2.52. The Morgan fingerprint density at radius 1 is 1.00 bits per heavy atom. The molecule has 0 saturated carbocycles. The summed E-state index contributed by atoms with van der Waals surface area (Å²) in [7, 11) is 0. The molecule has 0 aliphatic rings. The lowest BCUT2D eigenvalue weighted by atomic mass is 10.5. The van der Waals surface area contributed by atoms with Gasteiger partial charge in [-0.2, -0.15) is 0 Å². The topological polar surface area (TPSA) is 29.3 Å². The Balaban J connectivity index is 0. The first-order valence-corrected chi connectivity index (χ1v) is 4.69. The maximum Gasteiger partial charge on any atom is 0.0104 e. The van der Waals surface area contributed by atoms with Crippen molar-refractivity contribution in [1.29, 1.82) is 0 Å². The van der Waals surface area contributed by atoms with Crippen molar-refractivity contribution < 1.29 is 0 Å². The van der Waals surface area contributed by atoms with Gasteiger partial charge in [0.25, 0.3) is 0 Å². The van der Waals surface area contributed by atoms with E-state index < -0.39 is 0 Å². The van der Waals surface area contributed by atoms with E-state index in [0.29, 0.717) is 0 Å². The Bertz CT molecular complexity index is 51.5. The highest BCUT2D eigenvalue weighted by atomic mass is 15.1. The minimum atomic E-state index is 0.779. The molecule has 0 aromatic carbocycles. The van der Waals surface area contributed by atoms with E-state index in [4.69, 9.17) is 5.73 Å². The molecule has 0 aliphatic carbocycles. The molecule has 0 aromatic rings. The van der Waals surface area contributed by atoms with Gasteiger partial charge < -0.3 is 10.6 Å². The van der Waals surface area contributed by atoms with Gasteiger partial charge in [-0.3, -0.25) is 0 Å². The van der Waals surface area contributed by atoms with Crippen molar-refractivity contribution in [3.8, 4) is 0 Å². The van der Waals surface area contributed by atoms with E-state index in [1.165, 1.54) is 6.42 Å². The molecule has 0 saturated heterocycles. The number of hydrogen-bond acceptors (Lipinski definition) is 2. The third kappa shape index (κ3) is 13.0. The lowest BCUT2D eigenvalue weighted by molar-refractivity contribution is 0.312. The second kappa shape index (κ2) is 12.6. The summed E-state index contributed by atoms with van der Waals surface area (Å²) >= 11 is 0. The molecule has 2 heteroatoms. The zero-order valence-electron chi connectivity index (χ0n) is 8.56. The predicted octanol–water partition coefficient (Wildman–Crippen LogP) is 1.70. The van der Waals surface area contributed by atoms with Gasteiger partial charge in [0.15, 0.2) is 0 Å². The summed E-state index contributed by atoms with van der Waals surface area (Å²) in [5, 5.41) is 0. The van der Waals surface area contributed by atoms with Gasteiger partial charge in [0.2, 0.25) is 0 Å². The van der Waals surface area contributed by atoms with E-state index in [9.17, 15) is 0 Å². The van der Waals surface area contributed by atoms with Crippen LogP contribution in [0.15, 0.2) is 0 Å². The van der Waals surface area contributed by atoms with E-state index >= 15 is 0 Å². The molecule has 0 amide bonds. The molecule has 0 aromatic heterocycles. The summed E-state index contributed by atoms with van der Waals surface area (Å²) in [6.07, 6.45) is 1.25. The van der Waals surface area contributed by atoms with Crippen LogP contribution in [0.4, 0.5) is 0 Å². The summed E-state index contributed by atoms with van der Waals surface area (Å²) in [6, 6.07) is 0. The summed E-state index contributed by atoms with van der Waals surface area (Å²) in [5.41, 5.74) is 5.34. The van der Waals surface area contributed by atoms with Crippen molar-refractivity contribution in [2.75, 3.05) is 26.2 Å². The lowest BCUT2D eigenvalue weighted by Gasteiger charge is -2.15. The fourth-order valence-electron chi connectivity index (χ4n) is 0.722. The van der Waals surface area contributed by atoms with Crippen LogP contribution in [0.3, 0.4) is 0 Å². The Morgan fingerprint density at radius 3 is 1.45 bits per heavy atom. The third-order valence-corrected chi connectivity index (χ3v) is 1.34. The van der Waals surface area contributed by atoms with Crippen molar-refractivity contribution in [2.45, 2.75) is 34.1 Å². The molecule has 2 nitrogen and oxygen atoms in total. The number of hydrogen-bond donors (Lipinski definition) is 1. The molecule has 0 rings (SSSR count). The highest BCUT2D eigenvalue weighted by Crippen LogP contribution is 1.81. The molecule has 0 aliphatic heterocycles. The molecular weight excluding hydrogens is 136 g/mol. The van der Waals surface area contributed by atoms with Crippen LogP contribution >= 0.6 is 0 Å². The van der Waals surface area contributed by atoms with E-state index in [1.807, 2.05) is 0 Å². The number of nitrogens with zero attached hydrogens (tertiary/aromatic N) is 1. The maximum atomic E-state index is 5.34. The van der Waals surface area contributed by atoms with Gasteiger partial charge in [-0.15, -0.1) is 0 Å². The molecule has 0 unspecified atom stereocenters. The van der Waals surface area contributed by atoms with Crippen LogP contribution in [-0.4, -0.2) is 31.1 Å². The summed E-state index contributed by atoms with van der Waals surface area (Å²) in [6.45, 7) is 12.6. The molecule has 0 spiro atoms. The Kier molecular flexibility index (Phi) is 15.4. The van der Waals surface area contributed by atoms with Crippen molar-refractivity contribution in [3.63, 3.8) is 0 Å². The largest absolute Gasteiger partial charge is 0.329 e. The Labute approximate surface area is 71.8 Å². The maximum absolute atomic E-state index is 5.34. The van der Waals surface area contributed by atoms with E-state index in [-0.39, 0.29) is 0 Å².